The van der Waals surface area contributed by atoms with E-state index in [1.54, 1.807) is 38.3 Å². The van der Waals surface area contributed by atoms with Crippen molar-refractivity contribution in [2.24, 2.45) is 5.10 Å². The molecule has 0 fully saturated rings. The van der Waals surface area contributed by atoms with E-state index in [-0.39, 0.29) is 25.5 Å². The van der Waals surface area contributed by atoms with Gasteiger partial charge in [-0.05, 0) is 43.2 Å². The number of nitrogens with zero attached hydrogens (tertiary/aromatic N) is 2. The normalized spacial score (nSPS) is 20.2. The van der Waals surface area contributed by atoms with Crippen LogP contribution in [0.25, 0.3) is 0 Å². The largest absolute Gasteiger partial charge is 0.497 e. The van der Waals surface area contributed by atoms with E-state index in [9.17, 15) is 9.90 Å². The Morgan fingerprint density at radius 3 is 2.71 bits per heavy atom. The predicted octanol–water partition coefficient (Wildman–Crippen LogP) is 2.81. The molecule has 0 aromatic heterocycles. The third-order valence-electron chi connectivity index (χ3n) is 4.98. The number of hydrazone groups is 1. The van der Waals surface area contributed by atoms with E-state index in [4.69, 9.17) is 14.2 Å². The molecule has 1 amide bonds. The number of aryl methyl sites for hydroxylation is 1. The highest BCUT2D eigenvalue weighted by atomic mass is 16.7. The summed E-state index contributed by atoms with van der Waals surface area (Å²) in [5, 5.41) is 16.8. The van der Waals surface area contributed by atoms with Crippen molar-refractivity contribution in [2.45, 2.75) is 31.9 Å². The number of carbonyl (C=O) groups is 1. The standard InChI is InChI=1S/C21H22N2O5/c1-14-12-21(25,16-5-7-17(26-2)8-6-16)23(22-14)20(24)10-4-15-3-9-18-19(11-15)28-13-27-18/h3,5-9,11,25H,4,10,12-13H2,1-2H3/t21-/m0/s1. The number of aliphatic hydroxyl groups is 1. The van der Waals surface area contributed by atoms with E-state index in [1.165, 1.54) is 5.01 Å². The van der Waals surface area contributed by atoms with Crippen LogP contribution < -0.4 is 14.2 Å². The Kier molecular flexibility index (Phi) is 4.68. The van der Waals surface area contributed by atoms with Gasteiger partial charge < -0.3 is 19.3 Å². The molecule has 2 aromatic carbocycles. The Bertz CT molecular complexity index is 925. The van der Waals surface area contributed by atoms with Crippen molar-refractivity contribution in [3.8, 4) is 17.2 Å². The molecule has 2 aromatic rings. The molecule has 0 saturated carbocycles. The SMILES string of the molecule is COc1ccc([C@@]2(O)CC(C)=NN2C(=O)CCc2ccc3c(c2)OCO3)cc1. The molecule has 0 aliphatic carbocycles. The summed E-state index contributed by atoms with van der Waals surface area (Å²) in [5.74, 6) is 1.84. The van der Waals surface area contributed by atoms with Gasteiger partial charge in [0.05, 0.1) is 7.11 Å². The molecule has 0 radical (unpaired) electrons. The second kappa shape index (κ2) is 7.16. The minimum atomic E-state index is -1.48. The number of carbonyl (C=O) groups excluding carboxylic acids is 1. The lowest BCUT2D eigenvalue weighted by Crippen LogP contribution is -2.43. The van der Waals surface area contributed by atoms with Gasteiger partial charge in [0.25, 0.3) is 0 Å². The maximum Gasteiger partial charge on any atom is 0.245 e. The first-order valence-corrected chi connectivity index (χ1v) is 9.12. The van der Waals surface area contributed by atoms with Crippen LogP contribution >= 0.6 is 0 Å². The fraction of sp³-hybridized carbons (Fsp3) is 0.333. The number of ether oxygens (including phenoxy) is 3. The minimum Gasteiger partial charge on any atom is -0.497 e. The zero-order valence-electron chi connectivity index (χ0n) is 15.8. The molecule has 2 aliphatic heterocycles. The van der Waals surface area contributed by atoms with Crippen LogP contribution in [-0.2, 0) is 16.9 Å². The van der Waals surface area contributed by atoms with Crippen LogP contribution in [0.5, 0.6) is 17.2 Å². The number of methoxy groups -OCH3 is 1. The Hall–Kier alpha value is -3.06. The summed E-state index contributed by atoms with van der Waals surface area (Å²) in [7, 11) is 1.58. The molecule has 0 spiro atoms. The highest BCUT2D eigenvalue weighted by Crippen LogP contribution is 2.37. The second-order valence-electron chi connectivity index (χ2n) is 6.95. The zero-order chi connectivity index (χ0) is 19.7. The molecule has 2 aliphatic rings. The monoisotopic (exact) mass is 382 g/mol. The van der Waals surface area contributed by atoms with Gasteiger partial charge in [0.15, 0.2) is 17.2 Å². The van der Waals surface area contributed by atoms with Gasteiger partial charge in [-0.1, -0.05) is 18.2 Å². The van der Waals surface area contributed by atoms with Crippen molar-refractivity contribution in [3.63, 3.8) is 0 Å². The molecule has 1 atom stereocenters. The second-order valence-corrected chi connectivity index (χ2v) is 6.95. The number of hydrogen-bond donors (Lipinski definition) is 1. The van der Waals surface area contributed by atoms with Gasteiger partial charge >= 0.3 is 0 Å². The van der Waals surface area contributed by atoms with Gasteiger partial charge in [0.1, 0.15) is 5.75 Å². The first kappa shape index (κ1) is 18.3. The quantitative estimate of drug-likeness (QED) is 0.860. The summed E-state index contributed by atoms with van der Waals surface area (Å²) >= 11 is 0. The number of benzene rings is 2. The van der Waals surface area contributed by atoms with Gasteiger partial charge in [-0.3, -0.25) is 4.79 Å². The summed E-state index contributed by atoms with van der Waals surface area (Å²) in [4.78, 5) is 12.9. The lowest BCUT2D eigenvalue weighted by atomic mass is 9.97. The van der Waals surface area contributed by atoms with E-state index in [2.05, 4.69) is 5.10 Å². The summed E-state index contributed by atoms with van der Waals surface area (Å²) in [6, 6.07) is 12.7. The average molecular weight is 382 g/mol. The zero-order valence-corrected chi connectivity index (χ0v) is 15.8. The van der Waals surface area contributed by atoms with Crippen LogP contribution in [-0.4, -0.2) is 35.6 Å². The number of amides is 1. The molecule has 7 nitrogen and oxygen atoms in total. The van der Waals surface area contributed by atoms with Gasteiger partial charge in [0, 0.05) is 24.1 Å². The summed E-state index contributed by atoms with van der Waals surface area (Å²) < 4.78 is 15.9. The molecule has 28 heavy (non-hydrogen) atoms. The molecule has 0 bridgehead atoms. The summed E-state index contributed by atoms with van der Waals surface area (Å²) in [6.45, 7) is 2.02. The first-order valence-electron chi connectivity index (χ1n) is 9.12. The third kappa shape index (κ3) is 3.29. The highest BCUT2D eigenvalue weighted by molar-refractivity contribution is 5.89. The minimum absolute atomic E-state index is 0.217. The van der Waals surface area contributed by atoms with E-state index in [1.807, 2.05) is 18.2 Å². The van der Waals surface area contributed by atoms with Gasteiger partial charge in [-0.25, -0.2) is 0 Å². The Morgan fingerprint density at radius 2 is 1.96 bits per heavy atom. The van der Waals surface area contributed by atoms with Crippen molar-refractivity contribution < 1.29 is 24.1 Å². The Labute approximate surface area is 163 Å². The molecular weight excluding hydrogens is 360 g/mol. The van der Waals surface area contributed by atoms with E-state index >= 15 is 0 Å². The van der Waals surface area contributed by atoms with Gasteiger partial charge in [-0.2, -0.15) is 10.1 Å². The fourth-order valence-corrected chi connectivity index (χ4v) is 3.52. The summed E-state index contributed by atoms with van der Waals surface area (Å²) in [5.41, 5.74) is 0.785. The van der Waals surface area contributed by atoms with E-state index in [0.29, 0.717) is 34.9 Å². The maximum absolute atomic E-state index is 12.9. The van der Waals surface area contributed by atoms with E-state index in [0.717, 1.165) is 5.56 Å². The van der Waals surface area contributed by atoms with Gasteiger partial charge in [-0.15, -0.1) is 0 Å². The maximum atomic E-state index is 12.9. The molecular formula is C21H22N2O5. The lowest BCUT2D eigenvalue weighted by Gasteiger charge is -2.31. The molecule has 0 unspecified atom stereocenters. The van der Waals surface area contributed by atoms with Crippen molar-refractivity contribution in [3.05, 3.63) is 53.6 Å². The molecule has 7 heteroatoms. The molecule has 0 saturated heterocycles. The smallest absolute Gasteiger partial charge is 0.245 e. The lowest BCUT2D eigenvalue weighted by molar-refractivity contribution is -0.157. The van der Waals surface area contributed by atoms with Crippen molar-refractivity contribution in [1.82, 2.24) is 5.01 Å². The van der Waals surface area contributed by atoms with Crippen LogP contribution in [0, 0.1) is 0 Å². The van der Waals surface area contributed by atoms with Crippen LogP contribution in [0.1, 0.15) is 30.9 Å². The Morgan fingerprint density at radius 1 is 1.21 bits per heavy atom. The number of hydrogen-bond acceptors (Lipinski definition) is 6. The van der Waals surface area contributed by atoms with Crippen LogP contribution in [0.15, 0.2) is 47.6 Å². The number of fused-ring (bicyclic) bond motifs is 1. The third-order valence-corrected chi connectivity index (χ3v) is 4.98. The van der Waals surface area contributed by atoms with Crippen LogP contribution in [0.4, 0.5) is 0 Å². The fourth-order valence-electron chi connectivity index (χ4n) is 3.52. The molecule has 2 heterocycles. The number of rotatable bonds is 5. The molecule has 4 rings (SSSR count). The molecule has 146 valence electrons. The van der Waals surface area contributed by atoms with Crippen LogP contribution in [0.2, 0.25) is 0 Å². The van der Waals surface area contributed by atoms with E-state index < -0.39 is 5.72 Å². The van der Waals surface area contributed by atoms with Crippen LogP contribution in [0.3, 0.4) is 0 Å². The topological polar surface area (TPSA) is 80.6 Å². The summed E-state index contributed by atoms with van der Waals surface area (Å²) in [6.07, 6.45) is 1.00. The average Bonchev–Trinajstić information content (AvgIpc) is 3.30. The molecule has 1 N–H and O–H groups in total. The van der Waals surface area contributed by atoms with Gasteiger partial charge in [0.2, 0.25) is 12.7 Å². The first-order chi connectivity index (χ1) is 13.5. The Balaban J connectivity index is 1.49. The highest BCUT2D eigenvalue weighted by Gasteiger charge is 2.44. The van der Waals surface area contributed by atoms with Crippen molar-refractivity contribution in [1.29, 1.82) is 0 Å². The predicted molar refractivity (Wildman–Crippen MR) is 102 cm³/mol. The van der Waals surface area contributed by atoms with Crippen molar-refractivity contribution in [2.75, 3.05) is 13.9 Å². The van der Waals surface area contributed by atoms with Crippen molar-refractivity contribution >= 4 is 11.6 Å².